The first-order valence-electron chi connectivity index (χ1n) is 4.49. The SMILES string of the molecule is CC(NC1CCC(=O)NC1)C(F)(F)F. The van der Waals surface area contributed by atoms with Crippen molar-refractivity contribution < 1.29 is 18.0 Å². The fourth-order valence-corrected chi connectivity index (χ4v) is 1.32. The fraction of sp³-hybridized carbons (Fsp3) is 0.875. The Morgan fingerprint density at radius 1 is 1.57 bits per heavy atom. The number of amides is 1. The molecule has 1 fully saturated rings. The number of nitrogens with one attached hydrogen (secondary N) is 2. The highest BCUT2D eigenvalue weighted by molar-refractivity contribution is 5.76. The second kappa shape index (κ2) is 4.16. The first-order chi connectivity index (χ1) is 6.39. The third-order valence-electron chi connectivity index (χ3n) is 2.24. The van der Waals surface area contributed by atoms with Crippen LogP contribution in [0.3, 0.4) is 0 Å². The molecule has 1 saturated heterocycles. The molecule has 1 amide bonds. The highest BCUT2D eigenvalue weighted by Crippen LogP contribution is 2.20. The van der Waals surface area contributed by atoms with Crippen molar-refractivity contribution in [1.29, 1.82) is 0 Å². The number of hydrogen-bond donors (Lipinski definition) is 2. The molecule has 14 heavy (non-hydrogen) atoms. The minimum Gasteiger partial charge on any atom is -0.355 e. The predicted molar refractivity (Wildman–Crippen MR) is 44.7 cm³/mol. The molecule has 1 aliphatic heterocycles. The summed E-state index contributed by atoms with van der Waals surface area (Å²) in [6, 6.07) is -1.80. The summed E-state index contributed by atoms with van der Waals surface area (Å²) in [5.41, 5.74) is 0. The van der Waals surface area contributed by atoms with Gasteiger partial charge in [-0.25, -0.2) is 0 Å². The van der Waals surface area contributed by atoms with E-state index < -0.39 is 12.2 Å². The first-order valence-corrected chi connectivity index (χ1v) is 4.49. The van der Waals surface area contributed by atoms with Gasteiger partial charge >= 0.3 is 6.18 Å². The van der Waals surface area contributed by atoms with E-state index in [1.807, 2.05) is 0 Å². The van der Waals surface area contributed by atoms with Gasteiger partial charge in [-0.05, 0) is 13.3 Å². The molecular formula is C8H13F3N2O. The van der Waals surface area contributed by atoms with Gasteiger partial charge in [-0.3, -0.25) is 4.79 Å². The Kier molecular flexibility index (Phi) is 3.36. The lowest BCUT2D eigenvalue weighted by molar-refractivity contribution is -0.153. The van der Waals surface area contributed by atoms with Crippen molar-refractivity contribution in [1.82, 2.24) is 10.6 Å². The van der Waals surface area contributed by atoms with Gasteiger partial charge in [-0.2, -0.15) is 13.2 Å². The minimum absolute atomic E-state index is 0.0947. The van der Waals surface area contributed by atoms with Crippen LogP contribution in [-0.2, 0) is 4.79 Å². The van der Waals surface area contributed by atoms with E-state index in [1.165, 1.54) is 0 Å². The average molecular weight is 210 g/mol. The molecule has 0 bridgehead atoms. The highest BCUT2D eigenvalue weighted by atomic mass is 19.4. The number of halogens is 3. The van der Waals surface area contributed by atoms with Gasteiger partial charge in [0.25, 0.3) is 0 Å². The Morgan fingerprint density at radius 3 is 2.64 bits per heavy atom. The minimum atomic E-state index is -4.22. The van der Waals surface area contributed by atoms with E-state index in [9.17, 15) is 18.0 Å². The lowest BCUT2D eigenvalue weighted by Gasteiger charge is -2.27. The standard InChI is InChI=1S/C8H13F3N2O/c1-5(8(9,10)11)13-6-2-3-7(14)12-4-6/h5-6,13H,2-4H2,1H3,(H,12,14). The maximum absolute atomic E-state index is 12.1. The Labute approximate surface area is 80.0 Å². The second-order valence-corrected chi connectivity index (χ2v) is 3.47. The molecule has 0 spiro atoms. The molecule has 1 heterocycles. The third kappa shape index (κ3) is 3.17. The Bertz CT molecular complexity index is 207. The van der Waals surface area contributed by atoms with Gasteiger partial charge in [-0.1, -0.05) is 0 Å². The molecule has 0 aromatic rings. The van der Waals surface area contributed by atoms with Crippen LogP contribution in [0.15, 0.2) is 0 Å². The molecule has 2 N–H and O–H groups in total. The van der Waals surface area contributed by atoms with Crippen molar-refractivity contribution in [2.75, 3.05) is 6.54 Å². The van der Waals surface area contributed by atoms with E-state index in [0.29, 0.717) is 12.8 Å². The summed E-state index contributed by atoms with van der Waals surface area (Å²) in [6.45, 7) is 1.36. The maximum atomic E-state index is 12.1. The molecule has 3 nitrogen and oxygen atoms in total. The summed E-state index contributed by atoms with van der Waals surface area (Å²) >= 11 is 0. The van der Waals surface area contributed by atoms with E-state index in [-0.39, 0.29) is 18.5 Å². The van der Waals surface area contributed by atoms with Crippen LogP contribution in [0.5, 0.6) is 0 Å². The van der Waals surface area contributed by atoms with E-state index in [0.717, 1.165) is 6.92 Å². The van der Waals surface area contributed by atoms with Gasteiger partial charge in [0.1, 0.15) is 6.04 Å². The van der Waals surface area contributed by atoms with Crippen LogP contribution < -0.4 is 10.6 Å². The number of rotatable bonds is 2. The van der Waals surface area contributed by atoms with Crippen molar-refractivity contribution in [3.8, 4) is 0 Å². The predicted octanol–water partition coefficient (Wildman–Crippen LogP) is 0.805. The Balaban J connectivity index is 2.34. The molecule has 6 heteroatoms. The summed E-state index contributed by atoms with van der Waals surface area (Å²) in [6.07, 6.45) is -3.46. The summed E-state index contributed by atoms with van der Waals surface area (Å²) < 4.78 is 36.4. The molecule has 0 aliphatic carbocycles. The molecule has 0 radical (unpaired) electrons. The monoisotopic (exact) mass is 210 g/mol. The quantitative estimate of drug-likeness (QED) is 0.708. The van der Waals surface area contributed by atoms with Gasteiger partial charge in [-0.15, -0.1) is 0 Å². The van der Waals surface area contributed by atoms with Crippen LogP contribution in [-0.4, -0.2) is 30.7 Å². The van der Waals surface area contributed by atoms with E-state index in [1.54, 1.807) is 0 Å². The lowest BCUT2D eigenvalue weighted by atomic mass is 10.1. The lowest BCUT2D eigenvalue weighted by Crippen LogP contribution is -2.52. The smallest absolute Gasteiger partial charge is 0.355 e. The molecule has 1 aliphatic rings. The molecule has 2 unspecified atom stereocenters. The molecule has 82 valence electrons. The molecular weight excluding hydrogens is 197 g/mol. The normalized spacial score (nSPS) is 25.7. The average Bonchev–Trinajstić information content (AvgIpc) is 2.07. The summed E-state index contributed by atoms with van der Waals surface area (Å²) in [7, 11) is 0. The number of piperidine rings is 1. The van der Waals surface area contributed by atoms with Crippen LogP contribution >= 0.6 is 0 Å². The van der Waals surface area contributed by atoms with Gasteiger partial charge in [0.05, 0.1) is 0 Å². The van der Waals surface area contributed by atoms with Crippen molar-refractivity contribution in [2.45, 2.75) is 38.0 Å². The molecule has 0 saturated carbocycles. The van der Waals surface area contributed by atoms with Crippen molar-refractivity contribution >= 4 is 5.91 Å². The van der Waals surface area contributed by atoms with Crippen LogP contribution in [0, 0.1) is 0 Å². The fourth-order valence-electron chi connectivity index (χ4n) is 1.32. The topological polar surface area (TPSA) is 41.1 Å². The van der Waals surface area contributed by atoms with Gasteiger partial charge in [0.15, 0.2) is 0 Å². The zero-order valence-corrected chi connectivity index (χ0v) is 7.82. The summed E-state index contributed by atoms with van der Waals surface area (Å²) in [4.78, 5) is 10.7. The van der Waals surface area contributed by atoms with Crippen molar-refractivity contribution in [2.24, 2.45) is 0 Å². The Morgan fingerprint density at radius 2 is 2.21 bits per heavy atom. The molecule has 2 atom stereocenters. The zero-order chi connectivity index (χ0) is 10.8. The zero-order valence-electron chi connectivity index (χ0n) is 7.82. The maximum Gasteiger partial charge on any atom is 0.403 e. The van der Waals surface area contributed by atoms with Gasteiger partial charge in [0.2, 0.25) is 5.91 Å². The number of carbonyl (C=O) groups is 1. The van der Waals surface area contributed by atoms with Crippen molar-refractivity contribution in [3.63, 3.8) is 0 Å². The molecule has 0 aromatic heterocycles. The van der Waals surface area contributed by atoms with E-state index in [2.05, 4.69) is 10.6 Å². The van der Waals surface area contributed by atoms with Crippen LogP contribution in [0.25, 0.3) is 0 Å². The number of alkyl halides is 3. The summed E-state index contributed by atoms with van der Waals surface area (Å²) in [5, 5.41) is 4.96. The van der Waals surface area contributed by atoms with Crippen LogP contribution in [0.4, 0.5) is 13.2 Å². The second-order valence-electron chi connectivity index (χ2n) is 3.47. The van der Waals surface area contributed by atoms with E-state index in [4.69, 9.17) is 0 Å². The highest BCUT2D eigenvalue weighted by Gasteiger charge is 2.37. The molecule has 1 rings (SSSR count). The van der Waals surface area contributed by atoms with Gasteiger partial charge < -0.3 is 10.6 Å². The third-order valence-corrected chi connectivity index (χ3v) is 2.24. The first kappa shape index (κ1) is 11.3. The molecule has 0 aromatic carbocycles. The summed E-state index contributed by atoms with van der Waals surface area (Å²) in [5.74, 6) is -0.0947. The van der Waals surface area contributed by atoms with Gasteiger partial charge in [0, 0.05) is 19.0 Å². The number of hydrogen-bond acceptors (Lipinski definition) is 2. The van der Waals surface area contributed by atoms with Crippen LogP contribution in [0.1, 0.15) is 19.8 Å². The van der Waals surface area contributed by atoms with Crippen LogP contribution in [0.2, 0.25) is 0 Å². The number of carbonyl (C=O) groups excluding carboxylic acids is 1. The Hall–Kier alpha value is -0.780. The van der Waals surface area contributed by atoms with Crippen molar-refractivity contribution in [3.05, 3.63) is 0 Å². The largest absolute Gasteiger partial charge is 0.403 e. The van der Waals surface area contributed by atoms with E-state index >= 15 is 0 Å².